The largest absolute Gasteiger partial charge is 0.309 e. The van der Waals surface area contributed by atoms with Gasteiger partial charge in [-0.25, -0.2) is 8.42 Å². The van der Waals surface area contributed by atoms with Gasteiger partial charge in [0.05, 0.1) is 4.90 Å². The molecule has 19 heavy (non-hydrogen) atoms. The van der Waals surface area contributed by atoms with E-state index in [0.29, 0.717) is 6.04 Å². The van der Waals surface area contributed by atoms with E-state index in [9.17, 15) is 8.42 Å². The molecular weight excluding hydrogens is 304 g/mol. The highest BCUT2D eigenvalue weighted by Gasteiger charge is 2.21. The molecule has 1 fully saturated rings. The summed E-state index contributed by atoms with van der Waals surface area (Å²) in [5.41, 5.74) is 1.48. The fourth-order valence-electron chi connectivity index (χ4n) is 1.52. The van der Waals surface area contributed by atoms with E-state index in [1.54, 1.807) is 11.4 Å². The zero-order valence-corrected chi connectivity index (χ0v) is 12.3. The first-order valence-corrected chi connectivity index (χ1v) is 8.97. The second-order valence-corrected chi connectivity index (χ2v) is 7.76. The first-order valence-electron chi connectivity index (χ1n) is 5.73. The molecule has 2 aromatic heterocycles. The number of anilines is 1. The summed E-state index contributed by atoms with van der Waals surface area (Å²) in [6.45, 7) is 0.726. The van der Waals surface area contributed by atoms with E-state index in [1.165, 1.54) is 29.7 Å². The summed E-state index contributed by atoms with van der Waals surface area (Å²) in [7, 11) is -3.54. The lowest BCUT2D eigenvalue weighted by atomic mass is 10.4. The van der Waals surface area contributed by atoms with E-state index in [0.717, 1.165) is 22.8 Å². The molecule has 1 aliphatic rings. The van der Waals surface area contributed by atoms with Crippen LogP contribution in [0.25, 0.3) is 0 Å². The third-order valence-corrected chi connectivity index (χ3v) is 5.80. The van der Waals surface area contributed by atoms with Gasteiger partial charge < -0.3 is 5.32 Å². The average molecular weight is 316 g/mol. The van der Waals surface area contributed by atoms with Crippen molar-refractivity contribution < 1.29 is 8.42 Å². The van der Waals surface area contributed by atoms with Gasteiger partial charge in [-0.3, -0.25) is 4.72 Å². The number of nitrogens with zero attached hydrogens (tertiary/aromatic N) is 2. The fourth-order valence-corrected chi connectivity index (χ4v) is 4.44. The number of hydrogen-bond donors (Lipinski definition) is 2. The zero-order valence-electron chi connectivity index (χ0n) is 9.87. The van der Waals surface area contributed by atoms with Gasteiger partial charge in [0.15, 0.2) is 0 Å². The van der Waals surface area contributed by atoms with Crippen LogP contribution in [0.5, 0.6) is 0 Å². The Hall–Kier alpha value is -1.03. The van der Waals surface area contributed by atoms with Gasteiger partial charge in [-0.05, 0) is 18.9 Å². The van der Waals surface area contributed by atoms with Crippen LogP contribution in [0.3, 0.4) is 0 Å². The van der Waals surface area contributed by atoms with Crippen molar-refractivity contribution in [1.82, 2.24) is 15.5 Å². The number of aromatic nitrogens is 2. The van der Waals surface area contributed by atoms with Crippen LogP contribution < -0.4 is 10.0 Å². The highest BCUT2D eigenvalue weighted by Crippen LogP contribution is 2.24. The van der Waals surface area contributed by atoms with Crippen LogP contribution in [0.1, 0.15) is 17.7 Å². The average Bonchev–Trinajstić information content (AvgIpc) is 2.87. The first-order chi connectivity index (χ1) is 9.13. The van der Waals surface area contributed by atoms with Crippen molar-refractivity contribution >= 4 is 37.8 Å². The van der Waals surface area contributed by atoms with Crippen molar-refractivity contribution in [3.8, 4) is 0 Å². The molecule has 102 valence electrons. The Morgan fingerprint density at radius 1 is 1.37 bits per heavy atom. The zero-order chi connectivity index (χ0) is 13.3. The summed E-state index contributed by atoms with van der Waals surface area (Å²) in [5, 5.41) is 12.6. The maximum Gasteiger partial charge on any atom is 0.264 e. The predicted octanol–water partition coefficient (Wildman–Crippen LogP) is 1.65. The van der Waals surface area contributed by atoms with Crippen LogP contribution in [0.4, 0.5) is 5.13 Å². The summed E-state index contributed by atoms with van der Waals surface area (Å²) in [6, 6.07) is 2.31. The molecule has 2 heterocycles. The molecule has 0 bridgehead atoms. The van der Waals surface area contributed by atoms with Gasteiger partial charge in [0.1, 0.15) is 5.51 Å². The van der Waals surface area contributed by atoms with Crippen LogP contribution in [0.2, 0.25) is 0 Å². The van der Waals surface area contributed by atoms with Crippen LogP contribution in [0.15, 0.2) is 21.9 Å². The van der Waals surface area contributed by atoms with Crippen molar-refractivity contribution in [2.45, 2.75) is 30.3 Å². The number of thiophene rings is 1. The summed E-state index contributed by atoms with van der Waals surface area (Å²) in [6.07, 6.45) is 2.43. The summed E-state index contributed by atoms with van der Waals surface area (Å²) >= 11 is 2.60. The van der Waals surface area contributed by atoms with E-state index in [2.05, 4.69) is 20.2 Å². The van der Waals surface area contributed by atoms with Gasteiger partial charge in [0.2, 0.25) is 5.13 Å². The molecule has 0 unspecified atom stereocenters. The first kappa shape index (κ1) is 13.0. The third-order valence-electron chi connectivity index (χ3n) is 2.66. The van der Waals surface area contributed by atoms with E-state index in [-0.39, 0.29) is 10.0 Å². The normalized spacial score (nSPS) is 15.6. The van der Waals surface area contributed by atoms with Crippen molar-refractivity contribution in [2.24, 2.45) is 0 Å². The SMILES string of the molecule is O=S(=O)(Nc1nncs1)c1csc(CNC2CC2)c1. The number of sulfonamides is 1. The van der Waals surface area contributed by atoms with E-state index >= 15 is 0 Å². The van der Waals surface area contributed by atoms with E-state index < -0.39 is 10.0 Å². The molecule has 0 aliphatic heterocycles. The predicted molar refractivity (Wildman–Crippen MR) is 74.9 cm³/mol. The Bertz CT molecular complexity index is 646. The lowest BCUT2D eigenvalue weighted by Gasteiger charge is -2.01. The van der Waals surface area contributed by atoms with Crippen LogP contribution >= 0.6 is 22.7 Å². The Morgan fingerprint density at radius 3 is 2.89 bits per heavy atom. The van der Waals surface area contributed by atoms with Gasteiger partial charge in [-0.2, -0.15) is 0 Å². The van der Waals surface area contributed by atoms with Crippen LogP contribution in [-0.4, -0.2) is 24.7 Å². The van der Waals surface area contributed by atoms with Crippen molar-refractivity contribution in [1.29, 1.82) is 0 Å². The summed E-state index contributed by atoms with van der Waals surface area (Å²) in [5.74, 6) is 0. The van der Waals surface area contributed by atoms with Crippen molar-refractivity contribution in [2.75, 3.05) is 4.72 Å². The number of hydrogen-bond acceptors (Lipinski definition) is 7. The Balaban J connectivity index is 1.69. The maximum absolute atomic E-state index is 12.1. The lowest BCUT2D eigenvalue weighted by Crippen LogP contribution is -2.14. The highest BCUT2D eigenvalue weighted by atomic mass is 32.2. The van der Waals surface area contributed by atoms with Gasteiger partial charge >= 0.3 is 0 Å². The van der Waals surface area contributed by atoms with Gasteiger partial charge in [-0.1, -0.05) is 11.3 Å². The minimum Gasteiger partial charge on any atom is -0.309 e. The minimum atomic E-state index is -3.54. The lowest BCUT2D eigenvalue weighted by molar-refractivity contribution is 0.601. The molecule has 6 nitrogen and oxygen atoms in total. The molecule has 0 spiro atoms. The van der Waals surface area contributed by atoms with Gasteiger partial charge in [-0.15, -0.1) is 21.5 Å². The molecule has 2 N–H and O–H groups in total. The second-order valence-electron chi connectivity index (χ2n) is 4.25. The Labute approximate surface area is 118 Å². The van der Waals surface area contributed by atoms with Crippen LogP contribution in [0, 0.1) is 0 Å². The molecule has 0 aromatic carbocycles. The standard InChI is InChI=1S/C10H12N4O2S3/c15-19(16,14-10-13-12-6-18-10)9-3-8(17-5-9)4-11-7-1-2-7/h3,5-7,11H,1-2,4H2,(H,13,14). The second kappa shape index (κ2) is 5.16. The quantitative estimate of drug-likeness (QED) is 0.846. The Morgan fingerprint density at radius 2 is 2.21 bits per heavy atom. The van der Waals surface area contributed by atoms with E-state index in [4.69, 9.17) is 0 Å². The highest BCUT2D eigenvalue weighted by molar-refractivity contribution is 7.93. The number of rotatable bonds is 6. The van der Waals surface area contributed by atoms with Gasteiger partial charge in [0.25, 0.3) is 10.0 Å². The topological polar surface area (TPSA) is 84.0 Å². The third kappa shape index (κ3) is 3.30. The number of nitrogens with one attached hydrogen (secondary N) is 2. The molecule has 1 aliphatic carbocycles. The molecule has 3 rings (SSSR count). The molecule has 0 amide bonds. The van der Waals surface area contributed by atoms with E-state index in [1.807, 2.05) is 0 Å². The smallest absolute Gasteiger partial charge is 0.264 e. The molecule has 0 saturated heterocycles. The maximum atomic E-state index is 12.1. The monoisotopic (exact) mass is 316 g/mol. The molecule has 2 aromatic rings. The summed E-state index contributed by atoms with van der Waals surface area (Å²) < 4.78 is 26.6. The van der Waals surface area contributed by atoms with Crippen LogP contribution in [-0.2, 0) is 16.6 Å². The molecule has 0 atom stereocenters. The molecule has 0 radical (unpaired) electrons. The molecule has 1 saturated carbocycles. The van der Waals surface area contributed by atoms with Crippen molar-refractivity contribution in [3.05, 3.63) is 21.8 Å². The fraction of sp³-hybridized carbons (Fsp3) is 0.400. The minimum absolute atomic E-state index is 0.278. The Kier molecular flexibility index (Phi) is 3.52. The molecule has 9 heteroatoms. The van der Waals surface area contributed by atoms with Crippen molar-refractivity contribution in [3.63, 3.8) is 0 Å². The summed E-state index contributed by atoms with van der Waals surface area (Å²) in [4.78, 5) is 1.30. The van der Waals surface area contributed by atoms with Gasteiger partial charge in [0, 0.05) is 22.8 Å². The molecular formula is C10H12N4O2S3.